The fourth-order valence-electron chi connectivity index (χ4n) is 3.11. The van der Waals surface area contributed by atoms with Crippen LogP contribution < -0.4 is 10.6 Å². The van der Waals surface area contributed by atoms with Crippen molar-refractivity contribution in [2.45, 2.75) is 19.9 Å². The molecule has 0 aliphatic rings. The van der Waals surface area contributed by atoms with Crippen molar-refractivity contribution in [3.05, 3.63) is 95.1 Å². The summed E-state index contributed by atoms with van der Waals surface area (Å²) in [5.41, 5.74) is 2.03. The van der Waals surface area contributed by atoms with Crippen LogP contribution in [0.3, 0.4) is 0 Å². The molecular weight excluding hydrogens is 408 g/mol. The molecule has 0 spiro atoms. The maximum absolute atomic E-state index is 12.8. The Morgan fingerprint density at radius 3 is 2.31 bits per heavy atom. The second kappa shape index (κ2) is 10.3. The minimum atomic E-state index is -0.816. The molecule has 7 nitrogen and oxygen atoms in total. The maximum Gasteiger partial charge on any atom is 0.342 e. The van der Waals surface area contributed by atoms with Gasteiger partial charge in [0.1, 0.15) is 11.3 Å². The SMILES string of the molecule is Cc1cccc(C(=O)OCC(=O)Nc2ccccc2C(=O)N[C@@H](C)c2ccccc2)c1O. The minimum absolute atomic E-state index is 0.0209. The molecule has 0 saturated carbocycles. The zero-order chi connectivity index (χ0) is 23.1. The van der Waals surface area contributed by atoms with Crippen LogP contribution in [0, 0.1) is 6.92 Å². The van der Waals surface area contributed by atoms with E-state index in [0.717, 1.165) is 5.56 Å². The topological polar surface area (TPSA) is 105 Å². The Labute approximate surface area is 186 Å². The highest BCUT2D eigenvalue weighted by Gasteiger charge is 2.18. The first-order chi connectivity index (χ1) is 15.4. The fourth-order valence-corrected chi connectivity index (χ4v) is 3.11. The van der Waals surface area contributed by atoms with E-state index in [4.69, 9.17) is 4.74 Å². The Bertz CT molecular complexity index is 1130. The molecule has 0 bridgehead atoms. The number of esters is 1. The third-order valence-corrected chi connectivity index (χ3v) is 4.88. The van der Waals surface area contributed by atoms with Gasteiger partial charge in [0.2, 0.25) is 0 Å². The van der Waals surface area contributed by atoms with Crippen molar-refractivity contribution < 1.29 is 24.2 Å². The molecule has 0 aliphatic carbocycles. The van der Waals surface area contributed by atoms with Gasteiger partial charge in [-0.15, -0.1) is 0 Å². The molecule has 1 atom stereocenters. The number of carbonyl (C=O) groups is 3. The number of benzene rings is 3. The van der Waals surface area contributed by atoms with Gasteiger partial charge in [-0.2, -0.15) is 0 Å². The number of carbonyl (C=O) groups excluding carboxylic acids is 3. The zero-order valence-electron chi connectivity index (χ0n) is 17.8. The van der Waals surface area contributed by atoms with E-state index in [-0.39, 0.29) is 28.8 Å². The van der Waals surface area contributed by atoms with Crippen molar-refractivity contribution in [3.63, 3.8) is 0 Å². The quantitative estimate of drug-likeness (QED) is 0.490. The first kappa shape index (κ1) is 22.6. The van der Waals surface area contributed by atoms with Gasteiger partial charge in [-0.3, -0.25) is 9.59 Å². The molecule has 0 fully saturated rings. The summed E-state index contributed by atoms with van der Waals surface area (Å²) in [6.07, 6.45) is 0. The van der Waals surface area contributed by atoms with Gasteiger partial charge in [-0.1, -0.05) is 54.6 Å². The Morgan fingerprint density at radius 1 is 0.906 bits per heavy atom. The fraction of sp³-hybridized carbons (Fsp3) is 0.160. The van der Waals surface area contributed by atoms with Crippen LogP contribution >= 0.6 is 0 Å². The predicted molar refractivity (Wildman–Crippen MR) is 121 cm³/mol. The number of amides is 2. The number of aromatic hydroxyl groups is 1. The Kier molecular flexibility index (Phi) is 7.23. The number of phenols is 1. The molecular formula is C25H24N2O5. The molecule has 3 aromatic carbocycles. The zero-order valence-corrected chi connectivity index (χ0v) is 17.8. The van der Waals surface area contributed by atoms with Crippen LogP contribution in [0.5, 0.6) is 5.75 Å². The van der Waals surface area contributed by atoms with E-state index in [0.29, 0.717) is 11.3 Å². The van der Waals surface area contributed by atoms with Gasteiger partial charge in [-0.25, -0.2) is 4.79 Å². The van der Waals surface area contributed by atoms with Crippen molar-refractivity contribution in [1.82, 2.24) is 5.32 Å². The standard InChI is InChI=1S/C25H24N2O5/c1-16-9-8-13-20(23(16)29)25(31)32-15-22(28)27-21-14-7-6-12-19(21)24(30)26-17(2)18-10-4-3-5-11-18/h3-14,17,29H,15H2,1-2H3,(H,26,30)(H,27,28)/t17-/m0/s1. The second-order valence-corrected chi connectivity index (χ2v) is 7.25. The van der Waals surface area contributed by atoms with Gasteiger partial charge in [0, 0.05) is 0 Å². The largest absolute Gasteiger partial charge is 0.507 e. The predicted octanol–water partition coefficient (Wildman–Crippen LogP) is 3.99. The summed E-state index contributed by atoms with van der Waals surface area (Å²) in [7, 11) is 0. The number of hydrogen-bond acceptors (Lipinski definition) is 5. The van der Waals surface area contributed by atoms with Gasteiger partial charge in [-0.05, 0) is 43.2 Å². The molecule has 0 radical (unpaired) electrons. The van der Waals surface area contributed by atoms with Crippen LogP contribution in [-0.4, -0.2) is 29.5 Å². The second-order valence-electron chi connectivity index (χ2n) is 7.25. The summed E-state index contributed by atoms with van der Waals surface area (Å²) in [6.45, 7) is 2.95. The molecule has 2 amide bonds. The van der Waals surface area contributed by atoms with Gasteiger partial charge in [0.05, 0.1) is 17.3 Å². The first-order valence-electron chi connectivity index (χ1n) is 10.1. The van der Waals surface area contributed by atoms with Crippen LogP contribution in [0.4, 0.5) is 5.69 Å². The van der Waals surface area contributed by atoms with Crippen LogP contribution in [0.25, 0.3) is 0 Å². The molecule has 0 unspecified atom stereocenters. The normalized spacial score (nSPS) is 11.3. The lowest BCUT2D eigenvalue weighted by atomic mass is 10.1. The number of phenolic OH excluding ortho intramolecular Hbond substituents is 1. The molecule has 164 valence electrons. The first-order valence-corrected chi connectivity index (χ1v) is 10.1. The van der Waals surface area contributed by atoms with E-state index < -0.39 is 18.5 Å². The molecule has 0 heterocycles. The average molecular weight is 432 g/mol. The smallest absolute Gasteiger partial charge is 0.342 e. The molecule has 3 N–H and O–H groups in total. The molecule has 0 aromatic heterocycles. The van der Waals surface area contributed by atoms with Crippen LogP contribution in [-0.2, 0) is 9.53 Å². The van der Waals surface area contributed by atoms with E-state index in [1.165, 1.54) is 6.07 Å². The Hall–Kier alpha value is -4.13. The lowest BCUT2D eigenvalue weighted by Crippen LogP contribution is -2.28. The Morgan fingerprint density at radius 2 is 1.56 bits per heavy atom. The summed E-state index contributed by atoms with van der Waals surface area (Å²) in [6, 6.07) is 20.5. The monoisotopic (exact) mass is 432 g/mol. The van der Waals surface area contributed by atoms with E-state index in [2.05, 4.69) is 10.6 Å². The van der Waals surface area contributed by atoms with Gasteiger partial charge in [0.15, 0.2) is 6.61 Å². The average Bonchev–Trinajstić information content (AvgIpc) is 2.80. The highest BCUT2D eigenvalue weighted by molar-refractivity contribution is 6.04. The molecule has 3 rings (SSSR count). The van der Waals surface area contributed by atoms with E-state index in [1.54, 1.807) is 43.3 Å². The number of aryl methyl sites for hydroxylation is 1. The van der Waals surface area contributed by atoms with Gasteiger partial charge >= 0.3 is 5.97 Å². The van der Waals surface area contributed by atoms with Crippen molar-refractivity contribution in [2.75, 3.05) is 11.9 Å². The van der Waals surface area contributed by atoms with E-state index in [9.17, 15) is 19.5 Å². The van der Waals surface area contributed by atoms with Gasteiger partial charge in [0.25, 0.3) is 11.8 Å². The van der Waals surface area contributed by atoms with Crippen molar-refractivity contribution >= 4 is 23.5 Å². The molecule has 0 aliphatic heterocycles. The number of rotatable bonds is 7. The number of para-hydroxylation sites is 2. The molecule has 3 aromatic rings. The number of ether oxygens (including phenoxy) is 1. The van der Waals surface area contributed by atoms with Crippen molar-refractivity contribution in [2.24, 2.45) is 0 Å². The maximum atomic E-state index is 12.8. The van der Waals surface area contributed by atoms with Crippen LogP contribution in [0.2, 0.25) is 0 Å². The third-order valence-electron chi connectivity index (χ3n) is 4.88. The molecule has 7 heteroatoms. The van der Waals surface area contributed by atoms with E-state index in [1.807, 2.05) is 37.3 Å². The molecule has 0 saturated heterocycles. The van der Waals surface area contributed by atoms with Crippen molar-refractivity contribution in [3.8, 4) is 5.75 Å². The number of nitrogens with one attached hydrogen (secondary N) is 2. The lowest BCUT2D eigenvalue weighted by molar-refractivity contribution is -0.119. The van der Waals surface area contributed by atoms with Gasteiger partial charge < -0.3 is 20.5 Å². The van der Waals surface area contributed by atoms with Crippen molar-refractivity contribution in [1.29, 1.82) is 0 Å². The summed E-state index contributed by atoms with van der Waals surface area (Å²) < 4.78 is 5.01. The highest BCUT2D eigenvalue weighted by Crippen LogP contribution is 2.22. The third kappa shape index (κ3) is 5.51. The summed E-state index contributed by atoms with van der Waals surface area (Å²) in [5.74, 6) is -1.96. The number of hydrogen-bond donors (Lipinski definition) is 3. The minimum Gasteiger partial charge on any atom is -0.507 e. The molecule has 32 heavy (non-hydrogen) atoms. The van der Waals surface area contributed by atoms with E-state index >= 15 is 0 Å². The van der Waals surface area contributed by atoms with Crippen LogP contribution in [0.15, 0.2) is 72.8 Å². The van der Waals surface area contributed by atoms with Crippen LogP contribution in [0.1, 0.15) is 44.8 Å². The highest BCUT2D eigenvalue weighted by atomic mass is 16.5. The summed E-state index contributed by atoms with van der Waals surface area (Å²) >= 11 is 0. The summed E-state index contributed by atoms with van der Waals surface area (Å²) in [5, 5.41) is 15.5. The summed E-state index contributed by atoms with van der Waals surface area (Å²) in [4.78, 5) is 37.3. The lowest BCUT2D eigenvalue weighted by Gasteiger charge is -2.16. The Balaban J connectivity index is 1.63. The number of anilines is 1.